The molecule has 0 atom stereocenters. The van der Waals surface area contributed by atoms with E-state index in [4.69, 9.17) is 9.52 Å². The summed E-state index contributed by atoms with van der Waals surface area (Å²) in [5.41, 5.74) is 0. The topological polar surface area (TPSA) is 87.8 Å². The maximum absolute atomic E-state index is 11.9. The molecule has 1 aromatic heterocycles. The van der Waals surface area contributed by atoms with Crippen molar-refractivity contribution in [2.24, 2.45) is 5.92 Å². The predicted molar refractivity (Wildman–Crippen MR) is 60.3 cm³/mol. The van der Waals surface area contributed by atoms with Gasteiger partial charge in [-0.1, -0.05) is 13.8 Å². The molecule has 0 spiro atoms. The van der Waals surface area contributed by atoms with Crippen LogP contribution in [-0.2, 0) is 10.0 Å². The van der Waals surface area contributed by atoms with Gasteiger partial charge in [-0.25, -0.2) is 13.2 Å². The second kappa shape index (κ2) is 4.89. The fourth-order valence-electron chi connectivity index (χ4n) is 1.34. The number of carboxylic acid groups (broad SMARTS) is 1. The molecule has 0 aromatic carbocycles. The van der Waals surface area contributed by atoms with Crippen LogP contribution in [-0.4, -0.2) is 37.4 Å². The SMILES string of the molecule is CC(C)CN(C)S(=O)(=O)c1ccc(C(=O)O)o1. The first kappa shape index (κ1) is 13.7. The normalized spacial score (nSPS) is 12.3. The predicted octanol–water partition coefficient (Wildman–Crippen LogP) is 1.25. The lowest BCUT2D eigenvalue weighted by molar-refractivity contribution is 0.0656. The Morgan fingerprint density at radius 2 is 2.06 bits per heavy atom. The third kappa shape index (κ3) is 3.07. The van der Waals surface area contributed by atoms with Crippen LogP contribution >= 0.6 is 0 Å². The van der Waals surface area contributed by atoms with E-state index in [9.17, 15) is 13.2 Å². The Balaban J connectivity index is 3.00. The van der Waals surface area contributed by atoms with Gasteiger partial charge in [-0.3, -0.25) is 0 Å². The molecule has 0 saturated carbocycles. The van der Waals surface area contributed by atoms with E-state index in [2.05, 4.69) is 0 Å². The summed E-state index contributed by atoms with van der Waals surface area (Å²) < 4.78 is 29.8. The largest absolute Gasteiger partial charge is 0.475 e. The van der Waals surface area contributed by atoms with E-state index >= 15 is 0 Å². The number of carbonyl (C=O) groups is 1. The first-order valence-electron chi connectivity index (χ1n) is 5.04. The molecule has 0 aliphatic heterocycles. The molecule has 1 N–H and O–H groups in total. The summed E-state index contributed by atoms with van der Waals surface area (Å²) in [4.78, 5) is 10.6. The summed E-state index contributed by atoms with van der Waals surface area (Å²) in [6.07, 6.45) is 0. The Morgan fingerprint density at radius 3 is 2.47 bits per heavy atom. The summed E-state index contributed by atoms with van der Waals surface area (Å²) in [6.45, 7) is 4.11. The summed E-state index contributed by atoms with van der Waals surface area (Å²) in [6, 6.07) is 2.27. The molecule has 0 bridgehead atoms. The number of nitrogens with zero attached hydrogens (tertiary/aromatic N) is 1. The quantitative estimate of drug-likeness (QED) is 0.861. The van der Waals surface area contributed by atoms with Gasteiger partial charge < -0.3 is 9.52 Å². The molecule has 0 radical (unpaired) electrons. The van der Waals surface area contributed by atoms with Crippen molar-refractivity contribution in [3.05, 3.63) is 17.9 Å². The third-order valence-corrected chi connectivity index (χ3v) is 3.78. The third-order valence-electron chi connectivity index (χ3n) is 2.08. The van der Waals surface area contributed by atoms with E-state index in [-0.39, 0.29) is 16.8 Å². The highest BCUT2D eigenvalue weighted by Crippen LogP contribution is 2.18. The van der Waals surface area contributed by atoms with Crippen LogP contribution in [0.25, 0.3) is 0 Å². The molecule has 0 unspecified atom stereocenters. The highest BCUT2D eigenvalue weighted by atomic mass is 32.2. The van der Waals surface area contributed by atoms with E-state index in [1.807, 2.05) is 13.8 Å². The zero-order chi connectivity index (χ0) is 13.2. The van der Waals surface area contributed by atoms with E-state index < -0.39 is 16.0 Å². The molecule has 1 aromatic rings. The van der Waals surface area contributed by atoms with E-state index in [0.29, 0.717) is 6.54 Å². The first-order chi connectivity index (χ1) is 7.75. The summed E-state index contributed by atoms with van der Waals surface area (Å²) >= 11 is 0. The van der Waals surface area contributed by atoms with Crippen molar-refractivity contribution in [2.45, 2.75) is 18.9 Å². The van der Waals surface area contributed by atoms with Crippen molar-refractivity contribution in [3.8, 4) is 0 Å². The van der Waals surface area contributed by atoms with Crippen molar-refractivity contribution >= 4 is 16.0 Å². The van der Waals surface area contributed by atoms with Gasteiger partial charge in [0.2, 0.25) is 10.9 Å². The monoisotopic (exact) mass is 261 g/mol. The average Bonchev–Trinajstić information content (AvgIpc) is 2.65. The number of sulfonamides is 1. The zero-order valence-electron chi connectivity index (χ0n) is 9.87. The van der Waals surface area contributed by atoms with Crippen molar-refractivity contribution in [1.82, 2.24) is 4.31 Å². The van der Waals surface area contributed by atoms with E-state index in [1.54, 1.807) is 0 Å². The minimum absolute atomic E-state index is 0.170. The van der Waals surface area contributed by atoms with Gasteiger partial charge in [-0.2, -0.15) is 4.31 Å². The minimum atomic E-state index is -3.74. The van der Waals surface area contributed by atoms with Crippen molar-refractivity contribution < 1.29 is 22.7 Å². The number of furan rings is 1. The van der Waals surface area contributed by atoms with Crippen LogP contribution in [0.3, 0.4) is 0 Å². The molecule has 1 rings (SSSR count). The van der Waals surface area contributed by atoms with Crippen LogP contribution in [0.5, 0.6) is 0 Å². The lowest BCUT2D eigenvalue weighted by atomic mass is 10.2. The molecule has 96 valence electrons. The molecule has 6 nitrogen and oxygen atoms in total. The molecule has 0 aliphatic rings. The molecule has 17 heavy (non-hydrogen) atoms. The second-order valence-corrected chi connectivity index (χ2v) is 6.08. The molecule has 7 heteroatoms. The second-order valence-electron chi connectivity index (χ2n) is 4.10. The van der Waals surface area contributed by atoms with Crippen molar-refractivity contribution in [3.63, 3.8) is 0 Å². The van der Waals surface area contributed by atoms with Gasteiger partial charge in [0.15, 0.2) is 0 Å². The summed E-state index contributed by atoms with van der Waals surface area (Å²) in [7, 11) is -2.31. The Bertz CT molecular complexity index is 503. The van der Waals surface area contributed by atoms with Gasteiger partial charge in [0, 0.05) is 13.6 Å². The van der Waals surface area contributed by atoms with Crippen molar-refractivity contribution in [1.29, 1.82) is 0 Å². The molecular weight excluding hydrogens is 246 g/mol. The summed E-state index contributed by atoms with van der Waals surface area (Å²) in [5, 5.41) is 8.30. The Kier molecular flexibility index (Phi) is 3.94. The van der Waals surface area contributed by atoms with Gasteiger partial charge in [0.1, 0.15) is 0 Å². The van der Waals surface area contributed by atoms with Gasteiger partial charge >= 0.3 is 5.97 Å². The van der Waals surface area contributed by atoms with Crippen molar-refractivity contribution in [2.75, 3.05) is 13.6 Å². The van der Waals surface area contributed by atoms with Crippen LogP contribution in [0.15, 0.2) is 21.6 Å². The highest BCUT2D eigenvalue weighted by Gasteiger charge is 2.26. The molecule has 0 amide bonds. The van der Waals surface area contributed by atoms with Gasteiger partial charge in [0.25, 0.3) is 10.0 Å². The standard InChI is InChI=1S/C10H15NO5S/c1-7(2)6-11(3)17(14,15)9-5-4-8(16-9)10(12)13/h4-5,7H,6H2,1-3H3,(H,12,13). The number of aromatic carboxylic acids is 1. The highest BCUT2D eigenvalue weighted by molar-refractivity contribution is 7.89. The number of carboxylic acids is 1. The maximum Gasteiger partial charge on any atom is 0.371 e. The molecule has 0 aliphatic carbocycles. The number of hydrogen-bond acceptors (Lipinski definition) is 4. The lowest BCUT2D eigenvalue weighted by Crippen LogP contribution is -2.30. The van der Waals surface area contributed by atoms with Gasteiger partial charge in [0.05, 0.1) is 0 Å². The fraction of sp³-hybridized carbons (Fsp3) is 0.500. The Labute approximate surface area is 99.9 Å². The zero-order valence-corrected chi connectivity index (χ0v) is 10.7. The average molecular weight is 261 g/mol. The van der Waals surface area contributed by atoms with E-state index in [1.165, 1.54) is 7.05 Å². The Morgan fingerprint density at radius 1 is 1.47 bits per heavy atom. The number of rotatable bonds is 5. The van der Waals surface area contributed by atoms with Crippen LogP contribution < -0.4 is 0 Å². The van der Waals surface area contributed by atoms with Gasteiger partial charge in [-0.05, 0) is 18.1 Å². The number of hydrogen-bond donors (Lipinski definition) is 1. The van der Waals surface area contributed by atoms with Crippen LogP contribution in [0, 0.1) is 5.92 Å². The first-order valence-corrected chi connectivity index (χ1v) is 6.48. The molecule has 0 saturated heterocycles. The molecule has 1 heterocycles. The van der Waals surface area contributed by atoms with Gasteiger partial charge in [-0.15, -0.1) is 0 Å². The maximum atomic E-state index is 11.9. The van der Waals surface area contributed by atoms with Crippen LogP contribution in [0.1, 0.15) is 24.4 Å². The van der Waals surface area contributed by atoms with Crippen LogP contribution in [0.2, 0.25) is 0 Å². The minimum Gasteiger partial charge on any atom is -0.475 e. The smallest absolute Gasteiger partial charge is 0.371 e. The molecule has 0 fully saturated rings. The Hall–Kier alpha value is -1.34. The van der Waals surface area contributed by atoms with E-state index in [0.717, 1.165) is 16.4 Å². The van der Waals surface area contributed by atoms with Crippen LogP contribution in [0.4, 0.5) is 0 Å². The molecular formula is C10H15NO5S. The lowest BCUT2D eigenvalue weighted by Gasteiger charge is -2.17. The summed E-state index contributed by atoms with van der Waals surface area (Å²) in [5.74, 6) is -1.51. The fourth-order valence-corrected chi connectivity index (χ4v) is 2.58.